The predicted molar refractivity (Wildman–Crippen MR) is 111 cm³/mol. The van der Waals surface area contributed by atoms with Crippen LogP contribution in [0.2, 0.25) is 5.02 Å². The number of hydrogen-bond donors (Lipinski definition) is 1. The first-order valence-corrected chi connectivity index (χ1v) is 9.33. The van der Waals surface area contributed by atoms with Gasteiger partial charge < -0.3 is 9.15 Å². The van der Waals surface area contributed by atoms with Crippen molar-refractivity contribution in [2.75, 3.05) is 6.61 Å². The molecular formula is C22H19ClN2O4. The van der Waals surface area contributed by atoms with Gasteiger partial charge in [-0.05, 0) is 55.8 Å². The lowest BCUT2D eigenvalue weighted by Crippen LogP contribution is -2.18. The molecule has 0 unspecified atom stereocenters. The van der Waals surface area contributed by atoms with Gasteiger partial charge in [0.05, 0.1) is 23.4 Å². The van der Waals surface area contributed by atoms with Crippen LogP contribution in [0.1, 0.15) is 39.0 Å². The second kappa shape index (κ2) is 9.21. The van der Waals surface area contributed by atoms with Crippen LogP contribution >= 0.6 is 11.6 Å². The number of ether oxygens (including phenoxy) is 1. The van der Waals surface area contributed by atoms with Crippen molar-refractivity contribution in [3.05, 3.63) is 82.1 Å². The van der Waals surface area contributed by atoms with E-state index < -0.39 is 5.97 Å². The lowest BCUT2D eigenvalue weighted by Gasteiger charge is -2.05. The van der Waals surface area contributed by atoms with E-state index in [1.807, 2.05) is 19.1 Å². The Bertz CT molecular complexity index is 1070. The van der Waals surface area contributed by atoms with Gasteiger partial charge in [-0.1, -0.05) is 29.8 Å². The number of carbonyl (C=O) groups excluding carboxylic acids is 2. The summed E-state index contributed by atoms with van der Waals surface area (Å²) in [5.41, 5.74) is 4.82. The fraction of sp³-hybridized carbons (Fsp3) is 0.136. The van der Waals surface area contributed by atoms with E-state index in [1.165, 1.54) is 6.21 Å². The molecule has 7 heteroatoms. The first-order valence-electron chi connectivity index (χ1n) is 8.95. The van der Waals surface area contributed by atoms with E-state index in [1.54, 1.807) is 49.4 Å². The quantitative estimate of drug-likeness (QED) is 0.358. The topological polar surface area (TPSA) is 80.9 Å². The minimum absolute atomic E-state index is 0.259. The van der Waals surface area contributed by atoms with E-state index in [0.717, 1.165) is 5.56 Å². The molecule has 0 aliphatic carbocycles. The standard InChI is InChI=1S/C22H19ClN2O4/c1-3-28-22(27)18-12-15(8-10-19(18)23)20-11-9-16(29-20)13-24-25-21(26)17-7-5-4-6-14(17)2/h4-13H,3H2,1-2H3,(H,25,26)/b24-13+. The third-order valence-electron chi connectivity index (χ3n) is 4.12. The molecular weight excluding hydrogens is 392 g/mol. The van der Waals surface area contributed by atoms with Crippen LogP contribution in [-0.4, -0.2) is 24.7 Å². The largest absolute Gasteiger partial charge is 0.462 e. The van der Waals surface area contributed by atoms with Crippen molar-refractivity contribution in [3.8, 4) is 11.3 Å². The molecule has 0 fully saturated rings. The highest BCUT2D eigenvalue weighted by Gasteiger charge is 2.14. The fourth-order valence-corrected chi connectivity index (χ4v) is 2.86. The van der Waals surface area contributed by atoms with Crippen LogP contribution in [0, 0.1) is 6.92 Å². The van der Waals surface area contributed by atoms with Gasteiger partial charge in [-0.25, -0.2) is 10.2 Å². The zero-order valence-electron chi connectivity index (χ0n) is 15.9. The van der Waals surface area contributed by atoms with Crippen molar-refractivity contribution in [3.63, 3.8) is 0 Å². The van der Waals surface area contributed by atoms with Gasteiger partial charge in [0.15, 0.2) is 0 Å². The summed E-state index contributed by atoms with van der Waals surface area (Å²) in [7, 11) is 0. The summed E-state index contributed by atoms with van der Waals surface area (Å²) in [4.78, 5) is 24.2. The molecule has 0 saturated heterocycles. The van der Waals surface area contributed by atoms with Gasteiger partial charge in [-0.2, -0.15) is 5.10 Å². The van der Waals surface area contributed by atoms with Gasteiger partial charge in [0.25, 0.3) is 5.91 Å². The number of aryl methyl sites for hydroxylation is 1. The fourth-order valence-electron chi connectivity index (χ4n) is 2.66. The van der Waals surface area contributed by atoms with Crippen molar-refractivity contribution in [2.24, 2.45) is 5.10 Å². The lowest BCUT2D eigenvalue weighted by molar-refractivity contribution is 0.0526. The minimum Gasteiger partial charge on any atom is -0.462 e. The van der Waals surface area contributed by atoms with E-state index in [0.29, 0.717) is 27.7 Å². The molecule has 3 aromatic rings. The van der Waals surface area contributed by atoms with Gasteiger partial charge in [0.2, 0.25) is 0 Å². The van der Waals surface area contributed by atoms with Gasteiger partial charge in [-0.15, -0.1) is 0 Å². The molecule has 29 heavy (non-hydrogen) atoms. The van der Waals surface area contributed by atoms with Crippen LogP contribution in [0.15, 0.2) is 64.1 Å². The molecule has 0 spiro atoms. The second-order valence-corrected chi connectivity index (χ2v) is 6.54. The normalized spacial score (nSPS) is 10.9. The van der Waals surface area contributed by atoms with E-state index in [9.17, 15) is 9.59 Å². The van der Waals surface area contributed by atoms with Gasteiger partial charge in [0, 0.05) is 11.1 Å². The highest BCUT2D eigenvalue weighted by Crippen LogP contribution is 2.27. The van der Waals surface area contributed by atoms with Gasteiger partial charge >= 0.3 is 5.97 Å². The Hall–Kier alpha value is -3.38. The summed E-state index contributed by atoms with van der Waals surface area (Å²) >= 11 is 6.09. The van der Waals surface area contributed by atoms with Crippen LogP contribution in [0.4, 0.5) is 0 Å². The molecule has 1 heterocycles. The second-order valence-electron chi connectivity index (χ2n) is 6.13. The molecule has 1 N–H and O–H groups in total. The third-order valence-corrected chi connectivity index (χ3v) is 4.45. The Labute approximate surface area is 173 Å². The summed E-state index contributed by atoms with van der Waals surface area (Å²) in [6.07, 6.45) is 1.40. The van der Waals surface area contributed by atoms with Gasteiger partial charge in [-0.3, -0.25) is 4.79 Å². The molecule has 0 atom stereocenters. The van der Waals surface area contributed by atoms with Crippen LogP contribution < -0.4 is 5.43 Å². The number of furan rings is 1. The molecule has 2 aromatic carbocycles. The predicted octanol–water partition coefficient (Wildman–Crippen LogP) is 4.85. The smallest absolute Gasteiger partial charge is 0.339 e. The zero-order chi connectivity index (χ0) is 20.8. The summed E-state index contributed by atoms with van der Waals surface area (Å²) in [5, 5.41) is 4.24. The van der Waals surface area contributed by atoms with E-state index in [2.05, 4.69) is 10.5 Å². The molecule has 0 aliphatic heterocycles. The number of amides is 1. The molecule has 0 aliphatic rings. The molecule has 0 bridgehead atoms. The van der Waals surface area contributed by atoms with E-state index >= 15 is 0 Å². The Balaban J connectivity index is 1.72. The van der Waals surface area contributed by atoms with Crippen LogP contribution in [0.3, 0.4) is 0 Å². The van der Waals surface area contributed by atoms with Crippen molar-refractivity contribution in [1.29, 1.82) is 0 Å². The number of rotatable bonds is 6. The number of halogens is 1. The highest BCUT2D eigenvalue weighted by atomic mass is 35.5. The van der Waals surface area contributed by atoms with Crippen molar-refractivity contribution >= 4 is 29.7 Å². The number of carbonyl (C=O) groups is 2. The summed E-state index contributed by atoms with van der Waals surface area (Å²) in [6.45, 7) is 3.84. The minimum atomic E-state index is -0.494. The first-order chi connectivity index (χ1) is 14.0. The SMILES string of the molecule is CCOC(=O)c1cc(-c2ccc(/C=N/NC(=O)c3ccccc3C)o2)ccc1Cl. The summed E-state index contributed by atoms with van der Waals surface area (Å²) < 4.78 is 10.7. The lowest BCUT2D eigenvalue weighted by atomic mass is 10.1. The Morgan fingerprint density at radius 1 is 1.14 bits per heavy atom. The third kappa shape index (κ3) is 4.92. The maximum atomic E-state index is 12.2. The average molecular weight is 411 g/mol. The first kappa shape index (κ1) is 20.4. The average Bonchev–Trinajstić information content (AvgIpc) is 3.17. The van der Waals surface area contributed by atoms with Crippen molar-refractivity contribution in [2.45, 2.75) is 13.8 Å². The zero-order valence-corrected chi connectivity index (χ0v) is 16.7. The van der Waals surface area contributed by atoms with Crippen LogP contribution in [0.5, 0.6) is 0 Å². The number of nitrogens with zero attached hydrogens (tertiary/aromatic N) is 1. The Morgan fingerprint density at radius 3 is 2.69 bits per heavy atom. The maximum Gasteiger partial charge on any atom is 0.339 e. The van der Waals surface area contributed by atoms with Gasteiger partial charge in [0.1, 0.15) is 11.5 Å². The van der Waals surface area contributed by atoms with Crippen LogP contribution in [-0.2, 0) is 4.74 Å². The molecule has 0 radical (unpaired) electrons. The molecule has 3 rings (SSSR count). The Kier molecular flexibility index (Phi) is 6.46. The van der Waals surface area contributed by atoms with E-state index in [4.69, 9.17) is 20.8 Å². The van der Waals surface area contributed by atoms with E-state index in [-0.39, 0.29) is 18.1 Å². The number of hydrogen-bond acceptors (Lipinski definition) is 5. The van der Waals surface area contributed by atoms with Crippen molar-refractivity contribution < 1.29 is 18.7 Å². The number of esters is 1. The molecule has 0 saturated carbocycles. The number of hydrazone groups is 1. The molecule has 1 aromatic heterocycles. The number of benzene rings is 2. The highest BCUT2D eigenvalue weighted by molar-refractivity contribution is 6.33. The summed E-state index contributed by atoms with van der Waals surface area (Å²) in [5.74, 6) is 0.172. The molecule has 148 valence electrons. The maximum absolute atomic E-state index is 12.2. The van der Waals surface area contributed by atoms with Crippen LogP contribution in [0.25, 0.3) is 11.3 Å². The summed E-state index contributed by atoms with van der Waals surface area (Å²) in [6, 6.07) is 15.7. The monoisotopic (exact) mass is 410 g/mol. The Morgan fingerprint density at radius 2 is 1.93 bits per heavy atom. The van der Waals surface area contributed by atoms with Crippen molar-refractivity contribution in [1.82, 2.24) is 5.43 Å². The number of nitrogens with one attached hydrogen (secondary N) is 1. The molecule has 6 nitrogen and oxygen atoms in total. The molecule has 1 amide bonds.